The van der Waals surface area contributed by atoms with E-state index in [1.54, 1.807) is 6.20 Å². The summed E-state index contributed by atoms with van der Waals surface area (Å²) in [5.41, 5.74) is 2.68. The third-order valence-electron chi connectivity index (χ3n) is 1.90. The number of amides is 1. The van der Waals surface area contributed by atoms with Gasteiger partial charge in [-0.25, -0.2) is 15.8 Å². The van der Waals surface area contributed by atoms with E-state index < -0.39 is 0 Å². The number of hydrogen-bond donors (Lipinski definition) is 3. The topological polar surface area (TPSA) is 92.9 Å². The van der Waals surface area contributed by atoms with Crippen LogP contribution in [0, 0.1) is 0 Å². The number of nitrogens with zero attached hydrogens (tertiary/aromatic N) is 2. The fourth-order valence-electron chi connectivity index (χ4n) is 1.18. The highest BCUT2D eigenvalue weighted by Crippen LogP contribution is 2.24. The van der Waals surface area contributed by atoms with Crippen molar-refractivity contribution >= 4 is 55.7 Å². The monoisotopic (exact) mass is 347 g/mol. The number of aromatic nitrogens is 2. The summed E-state index contributed by atoms with van der Waals surface area (Å²) >= 11 is 10.3. The predicted octanol–water partition coefficient (Wildman–Crippen LogP) is 2.49. The molecular formula is C9H7BrClN5OS. The van der Waals surface area contributed by atoms with E-state index in [4.69, 9.17) is 17.4 Å². The minimum absolute atomic E-state index is 0.177. The Hall–Kier alpha value is -1.22. The molecule has 2 heterocycles. The summed E-state index contributed by atoms with van der Waals surface area (Å²) in [6.45, 7) is 0. The molecule has 0 aliphatic carbocycles. The van der Waals surface area contributed by atoms with Gasteiger partial charge in [-0.05, 0) is 28.1 Å². The molecule has 0 bridgehead atoms. The Bertz CT molecular complexity index is 590. The summed E-state index contributed by atoms with van der Waals surface area (Å²) in [6, 6.07) is 2.93. The lowest BCUT2D eigenvalue weighted by Gasteiger charge is -2.05. The number of nitrogen functional groups attached to an aromatic ring is 1. The summed E-state index contributed by atoms with van der Waals surface area (Å²) in [6.07, 6.45) is 1.60. The van der Waals surface area contributed by atoms with Crippen LogP contribution >= 0.6 is 38.9 Å². The number of nitrogens with two attached hydrogens (primary N) is 1. The Kier molecular flexibility index (Phi) is 4.12. The average Bonchev–Trinajstić information content (AvgIpc) is 2.73. The summed E-state index contributed by atoms with van der Waals surface area (Å²) in [5.74, 6) is 5.20. The van der Waals surface area contributed by atoms with Crippen LogP contribution in [0.25, 0.3) is 0 Å². The Balaban J connectivity index is 2.20. The first-order valence-corrected chi connectivity index (χ1v) is 6.64. The maximum absolute atomic E-state index is 11.9. The van der Waals surface area contributed by atoms with Crippen LogP contribution in [0.15, 0.2) is 22.1 Å². The SMILES string of the molecule is NNc1cc(C(=O)Nc2ncc(Br)s2)cc(Cl)n1. The summed E-state index contributed by atoms with van der Waals surface area (Å²) in [7, 11) is 0. The van der Waals surface area contributed by atoms with Crippen molar-refractivity contribution in [1.29, 1.82) is 0 Å². The molecule has 6 nitrogen and oxygen atoms in total. The fourth-order valence-corrected chi connectivity index (χ4v) is 2.49. The highest BCUT2D eigenvalue weighted by molar-refractivity contribution is 9.11. The number of anilines is 2. The largest absolute Gasteiger partial charge is 0.308 e. The Morgan fingerprint density at radius 1 is 1.50 bits per heavy atom. The molecule has 9 heteroatoms. The lowest BCUT2D eigenvalue weighted by atomic mass is 10.2. The Morgan fingerprint density at radius 2 is 2.28 bits per heavy atom. The molecule has 2 rings (SSSR count). The second kappa shape index (κ2) is 5.61. The van der Waals surface area contributed by atoms with Crippen LogP contribution in [0.2, 0.25) is 5.15 Å². The van der Waals surface area contributed by atoms with Gasteiger partial charge in [0.05, 0.1) is 9.98 Å². The minimum Gasteiger partial charge on any atom is -0.308 e. The van der Waals surface area contributed by atoms with Gasteiger partial charge in [0, 0.05) is 5.56 Å². The van der Waals surface area contributed by atoms with Crippen molar-refractivity contribution in [3.05, 3.63) is 32.8 Å². The van der Waals surface area contributed by atoms with Crippen LogP contribution in [-0.2, 0) is 0 Å². The van der Waals surface area contributed by atoms with E-state index in [1.165, 1.54) is 23.5 Å². The van der Waals surface area contributed by atoms with Crippen LogP contribution in [0.5, 0.6) is 0 Å². The van der Waals surface area contributed by atoms with Gasteiger partial charge < -0.3 is 5.43 Å². The van der Waals surface area contributed by atoms with E-state index in [0.717, 1.165) is 3.79 Å². The van der Waals surface area contributed by atoms with Gasteiger partial charge in [0.15, 0.2) is 5.13 Å². The molecule has 0 saturated carbocycles. The second-order valence-electron chi connectivity index (χ2n) is 3.13. The Labute approximate surface area is 120 Å². The van der Waals surface area contributed by atoms with Gasteiger partial charge in [-0.2, -0.15) is 0 Å². The summed E-state index contributed by atoms with van der Waals surface area (Å²) in [4.78, 5) is 19.8. The van der Waals surface area contributed by atoms with Crippen molar-refractivity contribution in [2.45, 2.75) is 0 Å². The van der Waals surface area contributed by atoms with Gasteiger partial charge in [-0.3, -0.25) is 10.1 Å². The van der Waals surface area contributed by atoms with E-state index in [-0.39, 0.29) is 11.1 Å². The molecule has 0 aliphatic heterocycles. The van der Waals surface area contributed by atoms with Crippen LogP contribution in [-0.4, -0.2) is 15.9 Å². The van der Waals surface area contributed by atoms with Crippen molar-refractivity contribution in [2.24, 2.45) is 5.84 Å². The first kappa shape index (κ1) is 13.2. The van der Waals surface area contributed by atoms with Gasteiger partial charge in [0.25, 0.3) is 5.91 Å². The molecule has 4 N–H and O–H groups in total. The molecule has 0 radical (unpaired) electrons. The molecule has 0 fully saturated rings. The predicted molar refractivity (Wildman–Crippen MR) is 74.8 cm³/mol. The highest BCUT2D eigenvalue weighted by atomic mass is 79.9. The zero-order valence-electron chi connectivity index (χ0n) is 8.78. The molecule has 2 aromatic heterocycles. The number of carbonyl (C=O) groups is 1. The number of thiazole rings is 1. The number of halogens is 2. The van der Waals surface area contributed by atoms with E-state index in [1.807, 2.05) is 0 Å². The molecule has 18 heavy (non-hydrogen) atoms. The lowest BCUT2D eigenvalue weighted by molar-refractivity contribution is 0.102. The van der Waals surface area contributed by atoms with Crippen molar-refractivity contribution in [1.82, 2.24) is 9.97 Å². The lowest BCUT2D eigenvalue weighted by Crippen LogP contribution is -2.14. The molecule has 0 saturated heterocycles. The van der Waals surface area contributed by atoms with Crippen molar-refractivity contribution in [3.63, 3.8) is 0 Å². The van der Waals surface area contributed by atoms with Crippen LogP contribution in [0.3, 0.4) is 0 Å². The zero-order chi connectivity index (χ0) is 13.1. The van der Waals surface area contributed by atoms with E-state index in [2.05, 4.69) is 36.6 Å². The van der Waals surface area contributed by atoms with Gasteiger partial charge in [-0.15, -0.1) is 0 Å². The third-order valence-corrected chi connectivity index (χ3v) is 3.49. The fraction of sp³-hybridized carbons (Fsp3) is 0. The third kappa shape index (κ3) is 3.16. The van der Waals surface area contributed by atoms with Gasteiger partial charge >= 0.3 is 0 Å². The average molecular weight is 349 g/mol. The molecule has 1 amide bonds. The molecule has 0 atom stereocenters. The number of pyridine rings is 1. The van der Waals surface area contributed by atoms with Crippen LogP contribution in [0.1, 0.15) is 10.4 Å². The number of carbonyl (C=O) groups excluding carboxylic acids is 1. The van der Waals surface area contributed by atoms with Crippen LogP contribution < -0.4 is 16.6 Å². The maximum atomic E-state index is 11.9. The molecule has 0 unspecified atom stereocenters. The quantitative estimate of drug-likeness (QED) is 0.450. The molecule has 0 aromatic carbocycles. The second-order valence-corrected chi connectivity index (χ2v) is 5.93. The van der Waals surface area contributed by atoms with Gasteiger partial charge in [0.2, 0.25) is 0 Å². The number of hydrazine groups is 1. The normalized spacial score (nSPS) is 10.2. The Morgan fingerprint density at radius 3 is 2.89 bits per heavy atom. The van der Waals surface area contributed by atoms with E-state index >= 15 is 0 Å². The number of rotatable bonds is 3. The van der Waals surface area contributed by atoms with E-state index in [0.29, 0.717) is 16.5 Å². The number of nitrogens with one attached hydrogen (secondary N) is 2. The van der Waals surface area contributed by atoms with Crippen LogP contribution in [0.4, 0.5) is 10.9 Å². The standard InChI is InChI=1S/C9H7BrClN5OS/c10-5-3-13-9(18-5)15-8(17)4-1-6(11)14-7(2-4)16-12/h1-3H,12H2,(H,14,16)(H,13,15,17). The zero-order valence-corrected chi connectivity index (χ0v) is 11.9. The van der Waals surface area contributed by atoms with Crippen molar-refractivity contribution in [2.75, 3.05) is 10.7 Å². The summed E-state index contributed by atoms with van der Waals surface area (Å²) < 4.78 is 0.829. The van der Waals surface area contributed by atoms with Crippen molar-refractivity contribution < 1.29 is 4.79 Å². The summed E-state index contributed by atoms with van der Waals surface area (Å²) in [5, 5.41) is 3.31. The van der Waals surface area contributed by atoms with Gasteiger partial charge in [0.1, 0.15) is 11.0 Å². The highest BCUT2D eigenvalue weighted by Gasteiger charge is 2.11. The smallest absolute Gasteiger partial charge is 0.257 e. The number of hydrogen-bond acceptors (Lipinski definition) is 6. The van der Waals surface area contributed by atoms with Crippen molar-refractivity contribution in [3.8, 4) is 0 Å². The first-order valence-electron chi connectivity index (χ1n) is 4.65. The first-order chi connectivity index (χ1) is 8.58. The van der Waals surface area contributed by atoms with Gasteiger partial charge in [-0.1, -0.05) is 22.9 Å². The van der Waals surface area contributed by atoms with E-state index in [9.17, 15) is 4.79 Å². The molecule has 2 aromatic rings. The molecule has 94 valence electrons. The maximum Gasteiger partial charge on any atom is 0.257 e. The molecule has 0 spiro atoms. The molecular weight excluding hydrogens is 342 g/mol. The minimum atomic E-state index is -0.336. The molecule has 0 aliphatic rings.